The molecule has 1 amide bonds. The molecule has 22 heavy (non-hydrogen) atoms. The van der Waals surface area contributed by atoms with Gasteiger partial charge in [0.1, 0.15) is 0 Å². The van der Waals surface area contributed by atoms with Gasteiger partial charge in [-0.3, -0.25) is 4.79 Å². The number of nitrogens with zero attached hydrogens (tertiary/aromatic N) is 3. The molecule has 1 aliphatic carbocycles. The number of amides is 1. The van der Waals surface area contributed by atoms with Crippen molar-refractivity contribution in [3.8, 4) is 0 Å². The van der Waals surface area contributed by atoms with Crippen LogP contribution in [0.3, 0.4) is 0 Å². The first-order chi connectivity index (χ1) is 10.5. The molecule has 1 unspecified atom stereocenters. The molecule has 114 valence electrons. The van der Waals surface area contributed by atoms with Crippen molar-refractivity contribution in [3.05, 3.63) is 28.5 Å². The third-order valence-electron chi connectivity index (χ3n) is 4.76. The number of hydrogen-bond acceptors (Lipinski definition) is 4. The third kappa shape index (κ3) is 1.66. The summed E-state index contributed by atoms with van der Waals surface area (Å²) in [6.45, 7) is 3.71. The van der Waals surface area contributed by atoms with Gasteiger partial charge in [0.05, 0.1) is 11.4 Å². The van der Waals surface area contributed by atoms with Crippen molar-refractivity contribution in [3.63, 3.8) is 0 Å². The van der Waals surface area contributed by atoms with Gasteiger partial charge in [-0.1, -0.05) is 11.6 Å². The Labute approximate surface area is 133 Å². The Balaban J connectivity index is 2.06. The fourth-order valence-corrected chi connectivity index (χ4v) is 3.41. The van der Waals surface area contributed by atoms with E-state index in [1.807, 2.05) is 30.9 Å². The summed E-state index contributed by atoms with van der Waals surface area (Å²) < 4.78 is 5.60. The third-order valence-corrected chi connectivity index (χ3v) is 5.04. The topological polar surface area (TPSA) is 55.3 Å². The number of methoxy groups -OCH3 is 1. The normalized spacial score (nSPS) is 24.2. The van der Waals surface area contributed by atoms with E-state index >= 15 is 0 Å². The summed E-state index contributed by atoms with van der Waals surface area (Å²) in [6, 6.07) is 4.20. The number of anilines is 1. The maximum absolute atomic E-state index is 12.9. The van der Waals surface area contributed by atoms with E-state index in [0.29, 0.717) is 5.15 Å². The molecule has 1 aromatic carbocycles. The van der Waals surface area contributed by atoms with Crippen LogP contribution in [0.4, 0.5) is 5.69 Å². The molecule has 0 saturated heterocycles. The van der Waals surface area contributed by atoms with E-state index in [1.165, 1.54) is 0 Å². The summed E-state index contributed by atoms with van der Waals surface area (Å²) in [5.74, 6) is -0.00231. The minimum absolute atomic E-state index is 0.00231. The molecule has 0 radical (unpaired) electrons. The quantitative estimate of drug-likeness (QED) is 0.854. The number of benzene rings is 1. The van der Waals surface area contributed by atoms with E-state index in [2.05, 4.69) is 10.2 Å². The molecule has 2 heterocycles. The van der Waals surface area contributed by atoms with Crippen LogP contribution in [-0.2, 0) is 15.1 Å². The molecule has 0 bridgehead atoms. The van der Waals surface area contributed by atoms with Crippen LogP contribution in [0.1, 0.15) is 31.0 Å². The van der Waals surface area contributed by atoms with Crippen molar-refractivity contribution in [1.82, 2.24) is 10.2 Å². The molecule has 1 aliphatic heterocycles. The summed E-state index contributed by atoms with van der Waals surface area (Å²) >= 11 is 6.21. The Morgan fingerprint density at radius 2 is 2.05 bits per heavy atom. The van der Waals surface area contributed by atoms with Gasteiger partial charge in [-0.15, -0.1) is 5.10 Å². The van der Waals surface area contributed by atoms with Crippen LogP contribution in [0.2, 0.25) is 5.15 Å². The van der Waals surface area contributed by atoms with Crippen molar-refractivity contribution in [1.29, 1.82) is 0 Å². The van der Waals surface area contributed by atoms with Crippen molar-refractivity contribution in [2.45, 2.75) is 38.3 Å². The molecule has 2 aliphatic rings. The molecular formula is C16H16ClN3O2. The number of carbonyl (C=O) groups is 1. The fraction of sp³-hybridized carbons (Fsp3) is 0.438. The highest BCUT2D eigenvalue weighted by molar-refractivity contribution is 6.34. The second-order valence-corrected chi connectivity index (χ2v) is 6.49. The van der Waals surface area contributed by atoms with E-state index in [9.17, 15) is 4.79 Å². The van der Waals surface area contributed by atoms with Crippen molar-refractivity contribution in [2.24, 2.45) is 0 Å². The number of ether oxygens (including phenoxy) is 1. The van der Waals surface area contributed by atoms with Gasteiger partial charge in [0.25, 0.3) is 5.91 Å². The molecule has 1 atom stereocenters. The van der Waals surface area contributed by atoms with E-state index in [0.717, 1.165) is 40.6 Å². The number of aryl methyl sites for hydroxylation is 1. The lowest BCUT2D eigenvalue weighted by atomic mass is 9.95. The van der Waals surface area contributed by atoms with Crippen LogP contribution in [0.5, 0.6) is 0 Å². The monoisotopic (exact) mass is 317 g/mol. The lowest BCUT2D eigenvalue weighted by Gasteiger charge is -2.22. The molecule has 4 rings (SSSR count). The number of rotatable bonds is 2. The van der Waals surface area contributed by atoms with Gasteiger partial charge >= 0.3 is 0 Å². The highest BCUT2D eigenvalue weighted by atomic mass is 35.5. The van der Waals surface area contributed by atoms with Gasteiger partial charge in [-0.25, -0.2) is 0 Å². The number of aromatic nitrogens is 2. The number of hydrogen-bond donors (Lipinski definition) is 0. The number of carbonyl (C=O) groups excluding carboxylic acids is 1. The predicted octanol–water partition coefficient (Wildman–Crippen LogP) is 2.96. The van der Waals surface area contributed by atoms with E-state index in [1.54, 1.807) is 7.11 Å². The van der Waals surface area contributed by atoms with Gasteiger partial charge in [0, 0.05) is 29.5 Å². The number of fused-ring (bicyclic) bond motifs is 2. The minimum atomic E-state index is -0.950. The predicted molar refractivity (Wildman–Crippen MR) is 84.2 cm³/mol. The molecule has 1 fully saturated rings. The highest BCUT2D eigenvalue weighted by Crippen LogP contribution is 2.49. The first-order valence-corrected chi connectivity index (χ1v) is 7.71. The smallest absolute Gasteiger partial charge is 0.263 e. The van der Waals surface area contributed by atoms with Crippen molar-refractivity contribution in [2.75, 3.05) is 12.0 Å². The summed E-state index contributed by atoms with van der Waals surface area (Å²) in [7, 11) is 1.58. The van der Waals surface area contributed by atoms with Crippen LogP contribution >= 0.6 is 11.6 Å². The first-order valence-electron chi connectivity index (χ1n) is 7.33. The van der Waals surface area contributed by atoms with E-state index in [4.69, 9.17) is 16.3 Å². The highest BCUT2D eigenvalue weighted by Gasteiger charge is 2.52. The minimum Gasteiger partial charge on any atom is -0.364 e. The largest absolute Gasteiger partial charge is 0.364 e. The molecule has 1 saturated carbocycles. The average Bonchev–Trinajstić information content (AvgIpc) is 3.31. The van der Waals surface area contributed by atoms with Gasteiger partial charge in [0.2, 0.25) is 0 Å². The Morgan fingerprint density at radius 3 is 2.68 bits per heavy atom. The van der Waals surface area contributed by atoms with Crippen LogP contribution in [-0.4, -0.2) is 29.3 Å². The zero-order valence-electron chi connectivity index (χ0n) is 12.7. The average molecular weight is 318 g/mol. The Bertz CT molecular complexity index is 819. The van der Waals surface area contributed by atoms with Gasteiger partial charge in [-0.2, -0.15) is 5.10 Å². The lowest BCUT2D eigenvalue weighted by Crippen LogP contribution is -2.40. The van der Waals surface area contributed by atoms with Gasteiger partial charge < -0.3 is 9.64 Å². The van der Waals surface area contributed by atoms with Crippen molar-refractivity contribution >= 4 is 34.0 Å². The maximum atomic E-state index is 12.9. The zero-order valence-corrected chi connectivity index (χ0v) is 13.4. The molecule has 5 nitrogen and oxygen atoms in total. The SMILES string of the molecule is COC1(C)C(=O)N(C2CC2)c2cc3c(Cl)nnc(C)c3cc21. The Hall–Kier alpha value is -1.72. The maximum Gasteiger partial charge on any atom is 0.263 e. The second-order valence-electron chi connectivity index (χ2n) is 6.13. The molecule has 1 aromatic heterocycles. The first kappa shape index (κ1) is 13.9. The summed E-state index contributed by atoms with van der Waals surface area (Å²) in [5.41, 5.74) is 1.61. The molecule has 6 heteroatoms. The fourth-order valence-electron chi connectivity index (χ4n) is 3.21. The zero-order chi connectivity index (χ0) is 15.6. The summed E-state index contributed by atoms with van der Waals surface area (Å²) in [4.78, 5) is 14.7. The lowest BCUT2D eigenvalue weighted by molar-refractivity contribution is -0.137. The van der Waals surface area contributed by atoms with Crippen LogP contribution in [0.25, 0.3) is 10.8 Å². The molecule has 2 aromatic rings. The van der Waals surface area contributed by atoms with Gasteiger partial charge in [-0.05, 0) is 38.8 Å². The summed E-state index contributed by atoms with van der Waals surface area (Å²) in [6.07, 6.45) is 2.06. The molecule has 0 spiro atoms. The molecule has 0 N–H and O–H groups in total. The van der Waals surface area contributed by atoms with Crippen LogP contribution < -0.4 is 4.90 Å². The van der Waals surface area contributed by atoms with Crippen molar-refractivity contribution < 1.29 is 9.53 Å². The van der Waals surface area contributed by atoms with Gasteiger partial charge in [0.15, 0.2) is 10.8 Å². The van der Waals surface area contributed by atoms with E-state index in [-0.39, 0.29) is 11.9 Å². The number of halogens is 1. The standard InChI is InChI=1S/C16H16ClN3O2/c1-8-10-6-12-13(7-11(10)14(17)19-18-8)20(9-4-5-9)15(21)16(12,2)22-3/h6-7,9H,4-5H2,1-3H3. The Kier molecular flexibility index (Phi) is 2.78. The summed E-state index contributed by atoms with van der Waals surface area (Å²) in [5, 5.41) is 10.1. The Morgan fingerprint density at radius 1 is 1.32 bits per heavy atom. The van der Waals surface area contributed by atoms with E-state index < -0.39 is 5.60 Å². The van der Waals surface area contributed by atoms with Crippen LogP contribution in [0.15, 0.2) is 12.1 Å². The molecular weight excluding hydrogens is 302 g/mol. The van der Waals surface area contributed by atoms with Crippen LogP contribution in [0, 0.1) is 6.92 Å². The second kappa shape index (κ2) is 4.40.